The summed E-state index contributed by atoms with van der Waals surface area (Å²) >= 11 is 0. The summed E-state index contributed by atoms with van der Waals surface area (Å²) in [6, 6.07) is 20.0. The molecule has 1 N–H and O–H groups in total. The van der Waals surface area contributed by atoms with E-state index in [1.54, 1.807) is 4.68 Å². The van der Waals surface area contributed by atoms with Crippen molar-refractivity contribution in [2.24, 2.45) is 0 Å². The van der Waals surface area contributed by atoms with Crippen molar-refractivity contribution in [1.82, 2.24) is 15.0 Å². The van der Waals surface area contributed by atoms with Gasteiger partial charge in [-0.15, -0.1) is 5.10 Å². The Bertz CT molecular complexity index is 632. The molecule has 4 heteroatoms. The van der Waals surface area contributed by atoms with Crippen LogP contribution in [0.5, 0.6) is 0 Å². The van der Waals surface area contributed by atoms with Gasteiger partial charge in [-0.3, -0.25) is 0 Å². The number of rotatable bonds is 4. The van der Waals surface area contributed by atoms with Crippen LogP contribution < -0.4 is 5.32 Å². The van der Waals surface area contributed by atoms with Crippen molar-refractivity contribution >= 4 is 5.69 Å². The summed E-state index contributed by atoms with van der Waals surface area (Å²) in [5.74, 6) is 0. The summed E-state index contributed by atoms with van der Waals surface area (Å²) in [6.07, 6.45) is 1.94. The van der Waals surface area contributed by atoms with Gasteiger partial charge in [-0.2, -0.15) is 0 Å². The molecular formula is C15H14N4. The molecular weight excluding hydrogens is 236 g/mol. The highest BCUT2D eigenvalue weighted by atomic mass is 15.4. The molecule has 3 aromatic rings. The van der Waals surface area contributed by atoms with Crippen molar-refractivity contribution in [1.29, 1.82) is 0 Å². The van der Waals surface area contributed by atoms with Crippen molar-refractivity contribution in [3.05, 3.63) is 72.6 Å². The maximum absolute atomic E-state index is 4.16. The summed E-state index contributed by atoms with van der Waals surface area (Å²) in [7, 11) is 0. The summed E-state index contributed by atoms with van der Waals surface area (Å²) < 4.78 is 1.78. The molecule has 0 spiro atoms. The fourth-order valence-electron chi connectivity index (χ4n) is 1.83. The second kappa shape index (κ2) is 5.35. The van der Waals surface area contributed by atoms with Gasteiger partial charge >= 0.3 is 0 Å². The van der Waals surface area contributed by atoms with E-state index in [4.69, 9.17) is 0 Å². The molecule has 0 fully saturated rings. The van der Waals surface area contributed by atoms with Gasteiger partial charge in [0, 0.05) is 5.69 Å². The van der Waals surface area contributed by atoms with E-state index in [1.165, 1.54) is 0 Å². The van der Waals surface area contributed by atoms with Crippen LogP contribution in [-0.4, -0.2) is 15.0 Å². The predicted molar refractivity (Wildman–Crippen MR) is 75.1 cm³/mol. The second-order valence-corrected chi connectivity index (χ2v) is 4.21. The average Bonchev–Trinajstić information content (AvgIpc) is 2.96. The normalized spacial score (nSPS) is 10.3. The van der Waals surface area contributed by atoms with Gasteiger partial charge < -0.3 is 5.32 Å². The zero-order valence-electron chi connectivity index (χ0n) is 10.4. The lowest BCUT2D eigenvalue weighted by atomic mass is 10.3. The summed E-state index contributed by atoms with van der Waals surface area (Å²) in [5, 5.41) is 11.6. The lowest BCUT2D eigenvalue weighted by Gasteiger charge is -2.02. The molecule has 4 nitrogen and oxygen atoms in total. The standard InChI is InChI=1S/C15H14N4/c1-3-7-13(8-4-1)16-11-14-12-19(18-17-14)15-9-5-2-6-10-15/h1-10,12,16H,11H2. The molecule has 0 aliphatic carbocycles. The third-order valence-electron chi connectivity index (χ3n) is 2.81. The highest BCUT2D eigenvalue weighted by Crippen LogP contribution is 2.09. The number of nitrogens with zero attached hydrogens (tertiary/aromatic N) is 3. The van der Waals surface area contributed by atoms with Crippen LogP contribution in [0.25, 0.3) is 5.69 Å². The van der Waals surface area contributed by atoms with E-state index in [-0.39, 0.29) is 0 Å². The van der Waals surface area contributed by atoms with Gasteiger partial charge in [-0.25, -0.2) is 4.68 Å². The first-order valence-corrected chi connectivity index (χ1v) is 6.17. The Balaban J connectivity index is 1.69. The molecule has 0 aliphatic heterocycles. The first-order valence-electron chi connectivity index (χ1n) is 6.17. The lowest BCUT2D eigenvalue weighted by Crippen LogP contribution is -1.99. The molecule has 0 amide bonds. The molecule has 0 radical (unpaired) electrons. The lowest BCUT2D eigenvalue weighted by molar-refractivity contribution is 0.798. The van der Waals surface area contributed by atoms with Gasteiger partial charge in [0.15, 0.2) is 0 Å². The summed E-state index contributed by atoms with van der Waals surface area (Å²) in [5.41, 5.74) is 3.01. The topological polar surface area (TPSA) is 42.7 Å². The molecule has 0 saturated carbocycles. The van der Waals surface area contributed by atoms with Crippen molar-refractivity contribution in [3.8, 4) is 5.69 Å². The molecule has 2 aromatic carbocycles. The largest absolute Gasteiger partial charge is 0.379 e. The average molecular weight is 250 g/mol. The first-order chi connectivity index (χ1) is 9.42. The maximum atomic E-state index is 4.16. The Morgan fingerprint density at radius 1 is 0.895 bits per heavy atom. The number of hydrogen-bond acceptors (Lipinski definition) is 3. The van der Waals surface area contributed by atoms with E-state index < -0.39 is 0 Å². The van der Waals surface area contributed by atoms with E-state index >= 15 is 0 Å². The Kier molecular flexibility index (Phi) is 3.23. The second-order valence-electron chi connectivity index (χ2n) is 4.21. The number of benzene rings is 2. The van der Waals surface area contributed by atoms with E-state index in [0.717, 1.165) is 17.1 Å². The third-order valence-corrected chi connectivity index (χ3v) is 2.81. The maximum Gasteiger partial charge on any atom is 0.102 e. The van der Waals surface area contributed by atoms with Crippen molar-refractivity contribution in [2.75, 3.05) is 5.32 Å². The van der Waals surface area contributed by atoms with Crippen LogP contribution in [0.3, 0.4) is 0 Å². The summed E-state index contributed by atoms with van der Waals surface area (Å²) in [4.78, 5) is 0. The zero-order chi connectivity index (χ0) is 12.9. The van der Waals surface area contributed by atoms with Crippen LogP contribution in [0.1, 0.15) is 5.69 Å². The summed E-state index contributed by atoms with van der Waals surface area (Å²) in [6.45, 7) is 0.664. The van der Waals surface area contributed by atoms with Crippen LogP contribution in [0.15, 0.2) is 66.9 Å². The SMILES string of the molecule is c1ccc(NCc2cn(-c3ccccc3)nn2)cc1. The Morgan fingerprint density at radius 2 is 1.58 bits per heavy atom. The molecule has 0 bridgehead atoms. The molecule has 1 heterocycles. The predicted octanol–water partition coefficient (Wildman–Crippen LogP) is 2.88. The van der Waals surface area contributed by atoms with Crippen LogP contribution in [0.4, 0.5) is 5.69 Å². The Morgan fingerprint density at radius 3 is 2.32 bits per heavy atom. The number of anilines is 1. The molecule has 3 rings (SSSR count). The van der Waals surface area contributed by atoms with Gasteiger partial charge in [0.2, 0.25) is 0 Å². The number of nitrogens with one attached hydrogen (secondary N) is 1. The highest BCUT2D eigenvalue weighted by molar-refractivity contribution is 5.42. The van der Waals surface area contributed by atoms with Crippen LogP contribution >= 0.6 is 0 Å². The zero-order valence-corrected chi connectivity index (χ0v) is 10.4. The van der Waals surface area contributed by atoms with Crippen LogP contribution in [0.2, 0.25) is 0 Å². The van der Waals surface area contributed by atoms with Gasteiger partial charge in [-0.1, -0.05) is 41.6 Å². The fraction of sp³-hybridized carbons (Fsp3) is 0.0667. The quantitative estimate of drug-likeness (QED) is 0.774. The van der Waals surface area contributed by atoms with E-state index in [1.807, 2.05) is 66.9 Å². The van der Waals surface area contributed by atoms with E-state index in [9.17, 15) is 0 Å². The van der Waals surface area contributed by atoms with Crippen molar-refractivity contribution in [2.45, 2.75) is 6.54 Å². The molecule has 1 aromatic heterocycles. The minimum atomic E-state index is 0.664. The number of hydrogen-bond donors (Lipinski definition) is 1. The minimum absolute atomic E-state index is 0.664. The number of aromatic nitrogens is 3. The van der Waals surface area contributed by atoms with Crippen molar-refractivity contribution < 1.29 is 0 Å². The smallest absolute Gasteiger partial charge is 0.102 e. The van der Waals surface area contributed by atoms with Crippen LogP contribution in [0, 0.1) is 0 Å². The van der Waals surface area contributed by atoms with Gasteiger partial charge in [-0.05, 0) is 24.3 Å². The molecule has 0 aliphatic rings. The van der Waals surface area contributed by atoms with Crippen molar-refractivity contribution in [3.63, 3.8) is 0 Å². The molecule has 94 valence electrons. The van der Waals surface area contributed by atoms with E-state index in [0.29, 0.717) is 6.54 Å². The molecule has 19 heavy (non-hydrogen) atoms. The monoisotopic (exact) mass is 250 g/mol. The fourth-order valence-corrected chi connectivity index (χ4v) is 1.83. The first kappa shape index (κ1) is 11.5. The minimum Gasteiger partial charge on any atom is -0.379 e. The third kappa shape index (κ3) is 2.80. The van der Waals surface area contributed by atoms with Crippen LogP contribution in [-0.2, 0) is 6.54 Å². The Labute approximate surface area is 111 Å². The van der Waals surface area contributed by atoms with Gasteiger partial charge in [0.25, 0.3) is 0 Å². The molecule has 0 saturated heterocycles. The van der Waals surface area contributed by atoms with E-state index in [2.05, 4.69) is 15.6 Å². The Hall–Kier alpha value is -2.62. The molecule has 0 atom stereocenters. The highest BCUT2D eigenvalue weighted by Gasteiger charge is 2.02. The van der Waals surface area contributed by atoms with Gasteiger partial charge in [0.05, 0.1) is 18.4 Å². The van der Waals surface area contributed by atoms with Gasteiger partial charge in [0.1, 0.15) is 5.69 Å². The number of para-hydroxylation sites is 2. The molecule has 0 unspecified atom stereocenters.